The molecule has 2 aromatic rings. The van der Waals surface area contributed by atoms with Gasteiger partial charge in [0.2, 0.25) is 0 Å². The van der Waals surface area contributed by atoms with Crippen LogP contribution in [0.25, 0.3) is 0 Å². The first-order valence-electron chi connectivity index (χ1n) is 5.14. The third kappa shape index (κ3) is 3.40. The summed E-state index contributed by atoms with van der Waals surface area (Å²) in [6.07, 6.45) is 3.68. The maximum Gasteiger partial charge on any atom is 0.167 e. The van der Waals surface area contributed by atoms with Crippen molar-refractivity contribution in [3.8, 4) is 0 Å². The summed E-state index contributed by atoms with van der Waals surface area (Å²) in [4.78, 5) is 16.1. The Morgan fingerprint density at radius 2 is 2.00 bits per heavy atom. The van der Waals surface area contributed by atoms with Gasteiger partial charge in [-0.2, -0.15) is 0 Å². The minimum atomic E-state index is 0.0179. The molecule has 0 bridgehead atoms. The van der Waals surface area contributed by atoms with Crippen LogP contribution in [0.5, 0.6) is 0 Å². The number of ketones is 1. The van der Waals surface area contributed by atoms with Crippen molar-refractivity contribution in [2.45, 2.75) is 6.42 Å². The average Bonchev–Trinajstić information content (AvgIpc) is 2.32. The number of pyridine rings is 1. The van der Waals surface area contributed by atoms with Gasteiger partial charge in [0.15, 0.2) is 5.78 Å². The van der Waals surface area contributed by atoms with Crippen molar-refractivity contribution in [2.24, 2.45) is 0 Å². The number of hydrogen-bond acceptors (Lipinski definition) is 2. The Labute approximate surface area is 127 Å². The average molecular weight is 389 g/mol. The Hall–Kier alpha value is -0.710. The highest BCUT2D eigenvalue weighted by atomic mass is 79.9. The van der Waals surface area contributed by atoms with Crippen LogP contribution < -0.4 is 0 Å². The maximum absolute atomic E-state index is 12.1. The summed E-state index contributed by atoms with van der Waals surface area (Å²) in [5, 5.41) is 0.535. The third-order valence-electron chi connectivity index (χ3n) is 2.37. The molecule has 18 heavy (non-hydrogen) atoms. The first-order chi connectivity index (χ1) is 8.56. The summed E-state index contributed by atoms with van der Waals surface area (Å²) < 4.78 is 1.64. The number of carbonyl (C=O) groups excluding carboxylic acids is 1. The molecular formula is C13H8Br2ClNO. The third-order valence-corrected chi connectivity index (χ3v) is 4.03. The second kappa shape index (κ2) is 5.95. The molecule has 2 nitrogen and oxygen atoms in total. The molecule has 1 aromatic carbocycles. The van der Waals surface area contributed by atoms with Gasteiger partial charge in [0.25, 0.3) is 0 Å². The van der Waals surface area contributed by atoms with Crippen LogP contribution in [-0.2, 0) is 6.42 Å². The van der Waals surface area contributed by atoms with E-state index in [1.807, 2.05) is 6.07 Å². The molecule has 0 aliphatic heterocycles. The highest BCUT2D eigenvalue weighted by Gasteiger charge is 2.09. The smallest absolute Gasteiger partial charge is 0.167 e. The molecule has 0 unspecified atom stereocenters. The standard InChI is InChI=1S/C13H8Br2ClNO/c14-10-3-8(6-17-7-10)4-13(18)9-1-2-11(15)12(16)5-9/h1-3,5-7H,4H2. The van der Waals surface area contributed by atoms with E-state index in [2.05, 4.69) is 36.8 Å². The van der Waals surface area contributed by atoms with Crippen molar-refractivity contribution < 1.29 is 4.79 Å². The van der Waals surface area contributed by atoms with Crippen molar-refractivity contribution in [3.63, 3.8) is 0 Å². The van der Waals surface area contributed by atoms with Crippen LogP contribution in [0, 0.1) is 0 Å². The molecule has 2 rings (SSSR count). The summed E-state index contributed by atoms with van der Waals surface area (Å²) in [5.74, 6) is 0.0179. The molecule has 0 saturated carbocycles. The van der Waals surface area contributed by atoms with Gasteiger partial charge in [-0.15, -0.1) is 0 Å². The van der Waals surface area contributed by atoms with Crippen molar-refractivity contribution in [3.05, 3.63) is 61.8 Å². The van der Waals surface area contributed by atoms with Crippen LogP contribution in [-0.4, -0.2) is 10.8 Å². The predicted octanol–water partition coefficient (Wildman–Crippen LogP) is 4.69. The van der Waals surface area contributed by atoms with Crippen LogP contribution in [0.4, 0.5) is 0 Å². The molecule has 1 heterocycles. The van der Waals surface area contributed by atoms with E-state index in [1.165, 1.54) is 0 Å². The van der Waals surface area contributed by atoms with Gasteiger partial charge in [0.05, 0.1) is 5.02 Å². The molecule has 0 aliphatic rings. The minimum absolute atomic E-state index is 0.0179. The lowest BCUT2D eigenvalue weighted by Gasteiger charge is -2.03. The monoisotopic (exact) mass is 387 g/mol. The zero-order chi connectivity index (χ0) is 13.1. The van der Waals surface area contributed by atoms with Crippen molar-refractivity contribution in [1.29, 1.82) is 0 Å². The van der Waals surface area contributed by atoms with Gasteiger partial charge in [-0.1, -0.05) is 17.7 Å². The number of Topliss-reactive ketones (excluding diaryl/α,β-unsaturated/α-hetero) is 1. The quantitative estimate of drug-likeness (QED) is 0.713. The van der Waals surface area contributed by atoms with Gasteiger partial charge in [0.1, 0.15) is 0 Å². The fourth-order valence-corrected chi connectivity index (χ4v) is 2.35. The van der Waals surface area contributed by atoms with E-state index >= 15 is 0 Å². The van der Waals surface area contributed by atoms with Gasteiger partial charge in [-0.3, -0.25) is 9.78 Å². The number of rotatable bonds is 3. The number of hydrogen-bond donors (Lipinski definition) is 0. The molecule has 5 heteroatoms. The van der Waals surface area contributed by atoms with Gasteiger partial charge < -0.3 is 0 Å². The van der Waals surface area contributed by atoms with Crippen molar-refractivity contribution in [1.82, 2.24) is 4.98 Å². The molecule has 92 valence electrons. The summed E-state index contributed by atoms with van der Waals surface area (Å²) >= 11 is 12.6. The largest absolute Gasteiger partial charge is 0.294 e. The van der Waals surface area contributed by atoms with Crippen LogP contribution in [0.15, 0.2) is 45.6 Å². The Morgan fingerprint density at radius 1 is 1.22 bits per heavy atom. The SMILES string of the molecule is O=C(Cc1cncc(Br)c1)c1ccc(Br)c(Cl)c1. The first kappa shape index (κ1) is 13.7. The Kier molecular flexibility index (Phi) is 4.54. The Bertz CT molecular complexity index is 601. The van der Waals surface area contributed by atoms with Crippen molar-refractivity contribution in [2.75, 3.05) is 0 Å². The normalized spacial score (nSPS) is 10.4. The van der Waals surface area contributed by atoms with E-state index in [0.29, 0.717) is 17.0 Å². The van der Waals surface area contributed by atoms with E-state index < -0.39 is 0 Å². The van der Waals surface area contributed by atoms with E-state index in [9.17, 15) is 4.79 Å². The number of aromatic nitrogens is 1. The molecule has 0 spiro atoms. The topological polar surface area (TPSA) is 30.0 Å². The molecule has 0 N–H and O–H groups in total. The van der Waals surface area contributed by atoms with Crippen LogP contribution >= 0.6 is 43.5 Å². The Balaban J connectivity index is 2.19. The summed E-state index contributed by atoms with van der Waals surface area (Å²) in [6.45, 7) is 0. The lowest BCUT2D eigenvalue weighted by molar-refractivity contribution is 0.0993. The predicted molar refractivity (Wildman–Crippen MR) is 79.1 cm³/mol. The molecule has 0 amide bonds. The van der Waals surface area contributed by atoms with Gasteiger partial charge in [-0.05, 0) is 55.6 Å². The molecule has 0 atom stereocenters. The molecule has 0 saturated heterocycles. The fraction of sp³-hybridized carbons (Fsp3) is 0.0769. The van der Waals surface area contributed by atoms with Crippen molar-refractivity contribution >= 4 is 49.2 Å². The summed E-state index contributed by atoms with van der Waals surface area (Å²) in [6, 6.07) is 7.07. The first-order valence-corrected chi connectivity index (χ1v) is 7.10. The van der Waals surface area contributed by atoms with Gasteiger partial charge in [0, 0.05) is 33.3 Å². The lowest BCUT2D eigenvalue weighted by Crippen LogP contribution is -2.03. The molecular weight excluding hydrogens is 381 g/mol. The van der Waals surface area contributed by atoms with Gasteiger partial charge in [-0.25, -0.2) is 0 Å². The fourth-order valence-electron chi connectivity index (χ4n) is 1.51. The molecule has 0 radical (unpaired) electrons. The second-order valence-corrected chi connectivity index (χ2v) is 5.92. The van der Waals surface area contributed by atoms with E-state index in [1.54, 1.807) is 30.6 Å². The summed E-state index contributed by atoms with van der Waals surface area (Å²) in [7, 11) is 0. The minimum Gasteiger partial charge on any atom is -0.294 e. The number of benzene rings is 1. The second-order valence-electron chi connectivity index (χ2n) is 3.74. The Morgan fingerprint density at radius 3 is 2.67 bits per heavy atom. The zero-order valence-corrected chi connectivity index (χ0v) is 13.1. The van der Waals surface area contributed by atoms with Crippen LogP contribution in [0.1, 0.15) is 15.9 Å². The maximum atomic E-state index is 12.1. The summed E-state index contributed by atoms with van der Waals surface area (Å²) in [5.41, 5.74) is 1.47. The number of halogens is 3. The van der Waals surface area contributed by atoms with E-state index in [4.69, 9.17) is 11.6 Å². The van der Waals surface area contributed by atoms with E-state index in [-0.39, 0.29) is 5.78 Å². The number of carbonyl (C=O) groups is 1. The molecule has 0 aliphatic carbocycles. The van der Waals surface area contributed by atoms with Gasteiger partial charge >= 0.3 is 0 Å². The van der Waals surface area contributed by atoms with Crippen LogP contribution in [0.2, 0.25) is 5.02 Å². The lowest BCUT2D eigenvalue weighted by atomic mass is 10.0. The molecule has 1 aromatic heterocycles. The van der Waals surface area contributed by atoms with Crippen LogP contribution in [0.3, 0.4) is 0 Å². The number of nitrogens with zero attached hydrogens (tertiary/aromatic N) is 1. The van der Waals surface area contributed by atoms with E-state index in [0.717, 1.165) is 14.5 Å². The highest BCUT2D eigenvalue weighted by Crippen LogP contribution is 2.24. The molecule has 0 fully saturated rings. The highest BCUT2D eigenvalue weighted by molar-refractivity contribution is 9.10. The zero-order valence-electron chi connectivity index (χ0n) is 9.16.